The lowest BCUT2D eigenvalue weighted by Gasteiger charge is -2.19. The average Bonchev–Trinajstić information content (AvgIpc) is 3.57. The van der Waals surface area contributed by atoms with Gasteiger partial charge in [-0.2, -0.15) is 4.98 Å². The van der Waals surface area contributed by atoms with Gasteiger partial charge in [-0.25, -0.2) is 0 Å². The van der Waals surface area contributed by atoms with E-state index >= 15 is 0 Å². The van der Waals surface area contributed by atoms with E-state index in [1.54, 1.807) is 31.3 Å². The van der Waals surface area contributed by atoms with Gasteiger partial charge in [0.25, 0.3) is 0 Å². The first-order valence-corrected chi connectivity index (χ1v) is 12.5. The van der Waals surface area contributed by atoms with Gasteiger partial charge < -0.3 is 9.26 Å². The minimum Gasteiger partial charge on any atom is -0.497 e. The highest BCUT2D eigenvalue weighted by atomic mass is 32.2. The molecule has 3 aromatic heterocycles. The lowest BCUT2D eigenvalue weighted by molar-refractivity contribution is 0.324. The van der Waals surface area contributed by atoms with E-state index in [9.17, 15) is 0 Å². The first-order chi connectivity index (χ1) is 17.4. The van der Waals surface area contributed by atoms with Crippen LogP contribution < -0.4 is 4.74 Å². The minimum absolute atomic E-state index is 0.395. The van der Waals surface area contributed by atoms with Crippen LogP contribution in [0.15, 0.2) is 82.7 Å². The normalized spacial score (nSPS) is 11.6. The fourth-order valence-corrected chi connectivity index (χ4v) is 4.67. The fraction of sp³-hybridized carbons (Fsp3) is 0.222. The molecule has 0 atom stereocenters. The van der Waals surface area contributed by atoms with E-state index in [0.29, 0.717) is 17.5 Å². The zero-order valence-corrected chi connectivity index (χ0v) is 21.4. The molecule has 182 valence electrons. The molecule has 0 aliphatic heterocycles. The lowest BCUT2D eigenvalue weighted by atomic mass is 9.96. The van der Waals surface area contributed by atoms with Gasteiger partial charge in [-0.1, -0.05) is 60.6 Å². The summed E-state index contributed by atoms with van der Waals surface area (Å²) in [6, 6.07) is 19.8. The number of nitrogens with zero attached hydrogens (tertiary/aromatic N) is 6. The molecular formula is C27H26N6O2S. The first kappa shape index (κ1) is 23.7. The van der Waals surface area contributed by atoms with Crippen molar-refractivity contribution in [2.45, 2.75) is 31.3 Å². The van der Waals surface area contributed by atoms with Gasteiger partial charge in [0, 0.05) is 35.0 Å². The third kappa shape index (κ3) is 4.87. The first-order valence-electron chi connectivity index (χ1n) is 11.5. The molecule has 0 fully saturated rings. The van der Waals surface area contributed by atoms with Gasteiger partial charge in [0.05, 0.1) is 12.5 Å². The van der Waals surface area contributed by atoms with Crippen molar-refractivity contribution < 1.29 is 9.26 Å². The molecular weight excluding hydrogens is 472 g/mol. The fourth-order valence-electron chi connectivity index (χ4n) is 3.64. The lowest BCUT2D eigenvalue weighted by Crippen LogP contribution is -2.21. The Balaban J connectivity index is 1.43. The van der Waals surface area contributed by atoms with Gasteiger partial charge in [0.2, 0.25) is 11.7 Å². The second-order valence-electron chi connectivity index (χ2n) is 9.04. The average molecular weight is 499 g/mol. The van der Waals surface area contributed by atoms with Crippen LogP contribution in [0.3, 0.4) is 0 Å². The Morgan fingerprint density at radius 2 is 1.64 bits per heavy atom. The van der Waals surface area contributed by atoms with Crippen molar-refractivity contribution in [3.8, 4) is 34.2 Å². The quantitative estimate of drug-likeness (QED) is 0.249. The van der Waals surface area contributed by atoms with E-state index in [0.717, 1.165) is 33.5 Å². The second kappa shape index (κ2) is 9.94. The van der Waals surface area contributed by atoms with Crippen molar-refractivity contribution in [3.63, 3.8) is 0 Å². The summed E-state index contributed by atoms with van der Waals surface area (Å²) in [5.74, 6) is 3.35. The van der Waals surface area contributed by atoms with Crippen molar-refractivity contribution in [3.05, 3.63) is 84.5 Å². The predicted molar refractivity (Wildman–Crippen MR) is 139 cm³/mol. The van der Waals surface area contributed by atoms with Gasteiger partial charge >= 0.3 is 0 Å². The Morgan fingerprint density at radius 3 is 2.33 bits per heavy atom. The molecule has 0 spiro atoms. The van der Waals surface area contributed by atoms with Gasteiger partial charge in [0.15, 0.2) is 11.0 Å². The summed E-state index contributed by atoms with van der Waals surface area (Å²) in [7, 11) is 1.65. The molecule has 5 aromatic rings. The molecule has 0 saturated carbocycles. The van der Waals surface area contributed by atoms with E-state index in [-0.39, 0.29) is 0 Å². The summed E-state index contributed by atoms with van der Waals surface area (Å²) in [6.45, 7) is 6.23. The molecule has 0 unspecified atom stereocenters. The number of rotatable bonds is 8. The van der Waals surface area contributed by atoms with Gasteiger partial charge in [0.1, 0.15) is 5.75 Å². The third-order valence-corrected chi connectivity index (χ3v) is 7.17. The van der Waals surface area contributed by atoms with Crippen LogP contribution in [0.4, 0.5) is 0 Å². The summed E-state index contributed by atoms with van der Waals surface area (Å²) in [5.41, 5.74) is 3.59. The van der Waals surface area contributed by atoms with Crippen LogP contribution in [-0.2, 0) is 5.41 Å². The van der Waals surface area contributed by atoms with Crippen molar-refractivity contribution in [2.75, 3.05) is 12.9 Å². The number of pyridine rings is 1. The molecule has 0 bridgehead atoms. The standard InChI is InChI=1S/C27H26N6O2S/c1-18-5-7-19(8-6-18)23-29-25(35-32-23)27(2,3)17-36-26-31-30-24(20-13-15-28-16-14-20)33(26)21-9-11-22(34-4)12-10-21/h5-16H,17H2,1-4H3. The molecule has 0 radical (unpaired) electrons. The summed E-state index contributed by atoms with van der Waals surface area (Å²) in [4.78, 5) is 8.82. The highest BCUT2D eigenvalue weighted by molar-refractivity contribution is 7.99. The predicted octanol–water partition coefficient (Wildman–Crippen LogP) is 5.77. The molecule has 0 aliphatic carbocycles. The number of benzene rings is 2. The maximum atomic E-state index is 5.68. The van der Waals surface area contributed by atoms with Gasteiger partial charge in [-0.3, -0.25) is 9.55 Å². The highest BCUT2D eigenvalue weighted by Crippen LogP contribution is 2.34. The minimum atomic E-state index is -0.395. The number of aryl methyl sites for hydroxylation is 1. The van der Waals surface area contributed by atoms with Crippen LogP contribution in [0, 0.1) is 6.92 Å². The molecule has 0 saturated heterocycles. The number of methoxy groups -OCH3 is 1. The molecule has 8 nitrogen and oxygen atoms in total. The van der Waals surface area contributed by atoms with E-state index in [4.69, 9.17) is 14.2 Å². The Hall–Kier alpha value is -3.98. The summed E-state index contributed by atoms with van der Waals surface area (Å²) >= 11 is 1.59. The van der Waals surface area contributed by atoms with E-state index < -0.39 is 5.41 Å². The van der Waals surface area contributed by atoms with Gasteiger partial charge in [-0.15, -0.1) is 10.2 Å². The molecule has 2 aromatic carbocycles. The van der Waals surface area contributed by atoms with Crippen LogP contribution in [0.2, 0.25) is 0 Å². The molecule has 0 amide bonds. The summed E-state index contributed by atoms with van der Waals surface area (Å²) in [6.07, 6.45) is 3.50. The van der Waals surface area contributed by atoms with Crippen molar-refractivity contribution >= 4 is 11.8 Å². The molecule has 0 N–H and O–H groups in total. The SMILES string of the molecule is COc1ccc(-n2c(SCC(C)(C)c3nc(-c4ccc(C)cc4)no3)nnc2-c2ccncc2)cc1. The number of aromatic nitrogens is 6. The zero-order valence-electron chi connectivity index (χ0n) is 20.5. The Labute approximate surface area is 213 Å². The Kier molecular flexibility index (Phi) is 6.56. The van der Waals surface area contributed by atoms with Crippen LogP contribution in [0.1, 0.15) is 25.3 Å². The monoisotopic (exact) mass is 498 g/mol. The number of hydrogen-bond acceptors (Lipinski definition) is 8. The topological polar surface area (TPSA) is 91.8 Å². The van der Waals surface area contributed by atoms with Crippen molar-refractivity contribution in [2.24, 2.45) is 0 Å². The highest BCUT2D eigenvalue weighted by Gasteiger charge is 2.30. The molecule has 5 rings (SSSR count). The molecule has 36 heavy (non-hydrogen) atoms. The van der Waals surface area contributed by atoms with Crippen LogP contribution >= 0.6 is 11.8 Å². The maximum Gasteiger partial charge on any atom is 0.233 e. The summed E-state index contributed by atoms with van der Waals surface area (Å²) in [5, 5.41) is 14.0. The number of hydrogen-bond donors (Lipinski definition) is 0. The zero-order chi connectivity index (χ0) is 25.1. The van der Waals surface area contributed by atoms with Crippen LogP contribution in [0.5, 0.6) is 5.75 Å². The van der Waals surface area contributed by atoms with E-state index in [1.165, 1.54) is 5.56 Å². The molecule has 9 heteroatoms. The Morgan fingerprint density at radius 1 is 0.917 bits per heavy atom. The molecule has 0 aliphatic rings. The molecule has 3 heterocycles. The van der Waals surface area contributed by atoms with Crippen molar-refractivity contribution in [1.82, 2.24) is 29.9 Å². The number of ether oxygens (including phenoxy) is 1. The maximum absolute atomic E-state index is 5.68. The Bertz CT molecular complexity index is 1440. The van der Waals surface area contributed by atoms with E-state index in [1.807, 2.05) is 65.2 Å². The van der Waals surface area contributed by atoms with E-state index in [2.05, 4.69) is 41.1 Å². The van der Waals surface area contributed by atoms with Crippen molar-refractivity contribution in [1.29, 1.82) is 0 Å². The second-order valence-corrected chi connectivity index (χ2v) is 9.98. The van der Waals surface area contributed by atoms with Crippen LogP contribution in [0.25, 0.3) is 28.5 Å². The third-order valence-electron chi connectivity index (χ3n) is 5.78. The summed E-state index contributed by atoms with van der Waals surface area (Å²) < 4.78 is 13.1. The van der Waals surface area contributed by atoms with Crippen LogP contribution in [-0.4, -0.2) is 42.8 Å². The smallest absolute Gasteiger partial charge is 0.233 e. The van der Waals surface area contributed by atoms with Gasteiger partial charge in [-0.05, 0) is 43.3 Å². The number of thioether (sulfide) groups is 1. The largest absolute Gasteiger partial charge is 0.497 e.